The van der Waals surface area contributed by atoms with Crippen molar-refractivity contribution in [3.63, 3.8) is 0 Å². The average molecular weight is 293 g/mol. The van der Waals surface area contributed by atoms with E-state index in [1.54, 1.807) is 7.11 Å². The van der Waals surface area contributed by atoms with E-state index in [-0.39, 0.29) is 0 Å². The fraction of sp³-hybridized carbons (Fsp3) is 0.562. The fourth-order valence-electron chi connectivity index (χ4n) is 2.08. The molecule has 0 spiro atoms. The molecule has 1 aromatic rings. The molecule has 0 amide bonds. The summed E-state index contributed by atoms with van der Waals surface area (Å²) in [4.78, 5) is 11.1. The van der Waals surface area contributed by atoms with E-state index < -0.39 is 12.0 Å². The first kappa shape index (κ1) is 15.8. The molecule has 5 heteroatoms. The van der Waals surface area contributed by atoms with E-state index in [2.05, 4.69) is 5.32 Å². The summed E-state index contributed by atoms with van der Waals surface area (Å²) in [7, 11) is 1.69. The van der Waals surface area contributed by atoms with Crippen molar-refractivity contribution in [1.29, 1.82) is 0 Å². The maximum atomic E-state index is 11.1. The molecule has 0 heterocycles. The number of aliphatic carboxylic acids is 1. The number of methoxy groups -OCH3 is 1. The third-order valence-corrected chi connectivity index (χ3v) is 3.51. The molecule has 1 fully saturated rings. The van der Waals surface area contributed by atoms with Gasteiger partial charge in [0.25, 0.3) is 0 Å². The van der Waals surface area contributed by atoms with Crippen LogP contribution in [0.3, 0.4) is 0 Å². The summed E-state index contributed by atoms with van der Waals surface area (Å²) in [5.74, 6) is -0.0351. The second-order valence-corrected chi connectivity index (χ2v) is 5.36. The first-order chi connectivity index (χ1) is 10.2. The highest BCUT2D eigenvalue weighted by atomic mass is 16.5. The third-order valence-electron chi connectivity index (χ3n) is 3.51. The minimum atomic E-state index is -0.805. The number of carboxylic acid groups (broad SMARTS) is 1. The molecular formula is C16H23NO4. The Morgan fingerprint density at radius 2 is 2.05 bits per heavy atom. The zero-order valence-electron chi connectivity index (χ0n) is 12.4. The average Bonchev–Trinajstić information content (AvgIpc) is 3.29. The predicted octanol–water partition coefficient (Wildman–Crippen LogP) is 1.85. The molecule has 1 aliphatic carbocycles. The van der Waals surface area contributed by atoms with Gasteiger partial charge in [0.1, 0.15) is 11.8 Å². The Hall–Kier alpha value is -1.59. The van der Waals surface area contributed by atoms with Crippen molar-refractivity contribution in [2.45, 2.75) is 37.8 Å². The van der Waals surface area contributed by atoms with E-state index >= 15 is 0 Å². The highest BCUT2D eigenvalue weighted by Crippen LogP contribution is 2.20. The van der Waals surface area contributed by atoms with Gasteiger partial charge in [-0.05, 0) is 37.0 Å². The van der Waals surface area contributed by atoms with Gasteiger partial charge >= 0.3 is 5.97 Å². The number of rotatable bonds is 10. The highest BCUT2D eigenvalue weighted by molar-refractivity contribution is 5.73. The third kappa shape index (κ3) is 5.73. The lowest BCUT2D eigenvalue weighted by atomic mass is 10.1. The maximum absolute atomic E-state index is 11.1. The number of hydrogen-bond acceptors (Lipinski definition) is 4. The van der Waals surface area contributed by atoms with Crippen LogP contribution in [-0.2, 0) is 16.0 Å². The van der Waals surface area contributed by atoms with Crippen molar-refractivity contribution in [2.75, 3.05) is 20.3 Å². The Morgan fingerprint density at radius 3 is 2.62 bits per heavy atom. The number of carbonyl (C=O) groups is 1. The van der Waals surface area contributed by atoms with Crippen molar-refractivity contribution in [3.05, 3.63) is 29.8 Å². The van der Waals surface area contributed by atoms with Crippen LogP contribution in [-0.4, -0.2) is 43.5 Å². The summed E-state index contributed by atoms with van der Waals surface area (Å²) in [6.07, 6.45) is 3.50. The van der Waals surface area contributed by atoms with E-state index in [0.717, 1.165) is 25.0 Å². The molecule has 1 aromatic carbocycles. The molecule has 0 radical (unpaired) electrons. The molecule has 1 saturated carbocycles. The van der Waals surface area contributed by atoms with Crippen molar-refractivity contribution >= 4 is 5.97 Å². The lowest BCUT2D eigenvalue weighted by Gasteiger charge is -2.14. The molecule has 1 aliphatic rings. The largest absolute Gasteiger partial charge is 0.494 e. The predicted molar refractivity (Wildman–Crippen MR) is 79.7 cm³/mol. The monoisotopic (exact) mass is 293 g/mol. The normalized spacial score (nSPS) is 15.7. The van der Waals surface area contributed by atoms with Crippen molar-refractivity contribution in [1.82, 2.24) is 5.32 Å². The second-order valence-electron chi connectivity index (χ2n) is 5.36. The molecular weight excluding hydrogens is 270 g/mol. The van der Waals surface area contributed by atoms with E-state index in [4.69, 9.17) is 14.6 Å². The van der Waals surface area contributed by atoms with Crippen LogP contribution in [0, 0.1) is 0 Å². The van der Waals surface area contributed by atoms with Gasteiger partial charge in [-0.25, -0.2) is 0 Å². The molecule has 21 heavy (non-hydrogen) atoms. The first-order valence-corrected chi connectivity index (χ1v) is 7.38. The Balaban J connectivity index is 1.72. The van der Waals surface area contributed by atoms with Gasteiger partial charge in [-0.15, -0.1) is 0 Å². The standard InChI is InChI=1S/C16H23NO4/c1-20-10-8-12-2-6-14(7-3-12)21-11-9-15(16(18)19)17-13-4-5-13/h2-3,6-7,13,15,17H,4-5,8-11H2,1H3,(H,18,19). The first-order valence-electron chi connectivity index (χ1n) is 7.38. The zero-order valence-corrected chi connectivity index (χ0v) is 12.4. The number of carboxylic acids is 1. The summed E-state index contributed by atoms with van der Waals surface area (Å²) in [6.45, 7) is 1.10. The van der Waals surface area contributed by atoms with E-state index in [1.165, 1.54) is 5.56 Å². The van der Waals surface area contributed by atoms with Gasteiger partial charge in [0.05, 0.1) is 13.2 Å². The van der Waals surface area contributed by atoms with Gasteiger partial charge in [0, 0.05) is 19.6 Å². The molecule has 2 N–H and O–H groups in total. The van der Waals surface area contributed by atoms with E-state index in [0.29, 0.717) is 25.7 Å². The van der Waals surface area contributed by atoms with Crippen LogP contribution >= 0.6 is 0 Å². The van der Waals surface area contributed by atoms with E-state index in [9.17, 15) is 4.79 Å². The van der Waals surface area contributed by atoms with Crippen LogP contribution in [0.25, 0.3) is 0 Å². The van der Waals surface area contributed by atoms with Crippen molar-refractivity contribution in [3.8, 4) is 5.75 Å². The Kier molecular flexibility index (Phi) is 6.02. The second kappa shape index (κ2) is 8.00. The molecule has 116 valence electrons. The Labute approximate surface area is 125 Å². The van der Waals surface area contributed by atoms with Gasteiger partial charge in [0.15, 0.2) is 0 Å². The Bertz CT molecular complexity index is 442. The molecule has 0 saturated heterocycles. The minimum absolute atomic E-state index is 0.381. The lowest BCUT2D eigenvalue weighted by molar-refractivity contribution is -0.139. The quantitative estimate of drug-likeness (QED) is 0.689. The van der Waals surface area contributed by atoms with Gasteiger partial charge in [-0.2, -0.15) is 0 Å². The van der Waals surface area contributed by atoms with Crippen LogP contribution in [0.1, 0.15) is 24.8 Å². The molecule has 1 unspecified atom stereocenters. The highest BCUT2D eigenvalue weighted by Gasteiger charge is 2.27. The molecule has 2 rings (SSSR count). The summed E-state index contributed by atoms with van der Waals surface area (Å²) < 4.78 is 10.6. The SMILES string of the molecule is COCCc1ccc(OCCC(NC2CC2)C(=O)O)cc1. The molecule has 0 bridgehead atoms. The molecule has 5 nitrogen and oxygen atoms in total. The van der Waals surface area contributed by atoms with Crippen LogP contribution < -0.4 is 10.1 Å². The van der Waals surface area contributed by atoms with Gasteiger partial charge < -0.3 is 19.9 Å². The lowest BCUT2D eigenvalue weighted by Crippen LogP contribution is -2.39. The van der Waals surface area contributed by atoms with Crippen molar-refractivity contribution in [2.24, 2.45) is 0 Å². The van der Waals surface area contributed by atoms with Gasteiger partial charge in [-0.1, -0.05) is 12.1 Å². The summed E-state index contributed by atoms with van der Waals surface area (Å²) in [5.41, 5.74) is 1.20. The van der Waals surface area contributed by atoms with Crippen LogP contribution in [0.15, 0.2) is 24.3 Å². The minimum Gasteiger partial charge on any atom is -0.494 e. The molecule has 0 aromatic heterocycles. The van der Waals surface area contributed by atoms with E-state index in [1.807, 2.05) is 24.3 Å². The van der Waals surface area contributed by atoms with Crippen LogP contribution in [0.2, 0.25) is 0 Å². The van der Waals surface area contributed by atoms with Gasteiger partial charge in [0.2, 0.25) is 0 Å². The fourth-order valence-corrected chi connectivity index (χ4v) is 2.08. The number of ether oxygens (including phenoxy) is 2. The van der Waals surface area contributed by atoms with Crippen LogP contribution in [0.5, 0.6) is 5.75 Å². The number of hydrogen-bond donors (Lipinski definition) is 2. The van der Waals surface area contributed by atoms with Crippen molar-refractivity contribution < 1.29 is 19.4 Å². The summed E-state index contributed by atoms with van der Waals surface area (Å²) >= 11 is 0. The smallest absolute Gasteiger partial charge is 0.320 e. The zero-order chi connectivity index (χ0) is 15.1. The van der Waals surface area contributed by atoms with Crippen LogP contribution in [0.4, 0.5) is 0 Å². The Morgan fingerprint density at radius 1 is 1.33 bits per heavy atom. The summed E-state index contributed by atoms with van der Waals surface area (Å²) in [6, 6.07) is 7.70. The van der Waals surface area contributed by atoms with Gasteiger partial charge in [-0.3, -0.25) is 4.79 Å². The number of nitrogens with one attached hydrogen (secondary N) is 1. The molecule has 0 aliphatic heterocycles. The topological polar surface area (TPSA) is 67.8 Å². The maximum Gasteiger partial charge on any atom is 0.320 e. The number of benzene rings is 1. The molecule has 1 atom stereocenters. The summed E-state index contributed by atoms with van der Waals surface area (Å²) in [5, 5.41) is 12.3.